The van der Waals surface area contributed by atoms with Crippen LogP contribution in [0, 0.1) is 13.8 Å². The summed E-state index contributed by atoms with van der Waals surface area (Å²) in [6.07, 6.45) is -0.690. The Morgan fingerprint density at radius 1 is 1.00 bits per heavy atom. The maximum Gasteiger partial charge on any atom is 0.291 e. The molecule has 2 aromatic carbocycles. The topological polar surface area (TPSA) is 141 Å². The van der Waals surface area contributed by atoms with Gasteiger partial charge in [-0.15, -0.1) is 0 Å². The number of aromatic nitrogens is 2. The van der Waals surface area contributed by atoms with Crippen LogP contribution in [0.4, 0.5) is 0 Å². The van der Waals surface area contributed by atoms with E-state index in [1.165, 1.54) is 0 Å². The van der Waals surface area contributed by atoms with Crippen LogP contribution in [0.3, 0.4) is 0 Å². The van der Waals surface area contributed by atoms with Gasteiger partial charge in [0.05, 0.1) is 12.1 Å². The van der Waals surface area contributed by atoms with Gasteiger partial charge in [0.25, 0.3) is 6.23 Å². The summed E-state index contributed by atoms with van der Waals surface area (Å²) in [5.74, 6) is 0.213. The van der Waals surface area contributed by atoms with Gasteiger partial charge in [-0.05, 0) is 48.6 Å². The van der Waals surface area contributed by atoms with Crippen molar-refractivity contribution in [2.24, 2.45) is 0 Å². The Balaban J connectivity index is 0.00000136. The van der Waals surface area contributed by atoms with Crippen molar-refractivity contribution in [3.63, 3.8) is 0 Å². The number of H-pyrrole nitrogens is 1. The van der Waals surface area contributed by atoms with E-state index in [2.05, 4.69) is 11.9 Å². The fraction of sp³-hybridized carbons (Fsp3) is 0.318. The van der Waals surface area contributed by atoms with Crippen molar-refractivity contribution < 1.29 is 52.2 Å². The first-order valence-electron chi connectivity index (χ1n) is 9.60. The molecule has 7 N–H and O–H groups in total. The number of aromatic amines is 1. The molecule has 0 saturated carbocycles. The van der Waals surface area contributed by atoms with Gasteiger partial charge in [0, 0.05) is 27.7 Å². The van der Waals surface area contributed by atoms with Gasteiger partial charge in [0.15, 0.2) is 18.5 Å². The average molecular weight is 493 g/mol. The second-order valence-corrected chi connectivity index (χ2v) is 7.85. The summed E-state index contributed by atoms with van der Waals surface area (Å²) in [5.41, 5.74) is 4.11. The Bertz CT molecular complexity index is 1270. The summed E-state index contributed by atoms with van der Waals surface area (Å²) in [5, 5.41) is 44.1. The summed E-state index contributed by atoms with van der Waals surface area (Å²) in [7, 11) is 0. The van der Waals surface area contributed by atoms with Crippen molar-refractivity contribution in [3.05, 3.63) is 47.8 Å². The van der Waals surface area contributed by atoms with Gasteiger partial charge in [0.2, 0.25) is 0 Å². The number of aliphatic hydroxyl groups is 3. The summed E-state index contributed by atoms with van der Waals surface area (Å²) in [6.45, 7) is 4.03. The van der Waals surface area contributed by atoms with Gasteiger partial charge in [-0.25, -0.2) is 0 Å². The first-order chi connectivity index (χ1) is 13.9. The standard InChI is InChI=1S/C22H22N2O5.BrH.H2O/c1-10-15-8-24(22-21(28)20(27)17(26)9-29-22)6-5-13(15)11(2)19-18(10)14-7-12(25)3-4-16(14)23-19;;/h3-8,17,20-22,25-28H,9H2,1-2H3;1H;1H2/t17-,20-,21+,22?;;/m1../s1. The Labute approximate surface area is 188 Å². The molecule has 31 heavy (non-hydrogen) atoms. The lowest BCUT2D eigenvalue weighted by Crippen LogP contribution is -3.00. The molecule has 166 valence electrons. The van der Waals surface area contributed by atoms with Gasteiger partial charge in [-0.1, -0.05) is 0 Å². The van der Waals surface area contributed by atoms with E-state index in [4.69, 9.17) is 4.74 Å². The highest BCUT2D eigenvalue weighted by atomic mass is 79.9. The van der Waals surface area contributed by atoms with Crippen LogP contribution in [0.25, 0.3) is 32.6 Å². The number of pyridine rings is 1. The van der Waals surface area contributed by atoms with Gasteiger partial charge in [-0.2, -0.15) is 4.57 Å². The number of ether oxygens (including phenoxy) is 1. The number of phenols is 1. The lowest BCUT2D eigenvalue weighted by atomic mass is 9.96. The molecule has 3 heterocycles. The minimum atomic E-state index is -1.26. The molecule has 1 aliphatic rings. The fourth-order valence-corrected chi connectivity index (χ4v) is 4.47. The number of benzene rings is 2. The van der Waals surface area contributed by atoms with E-state index in [1.54, 1.807) is 16.7 Å². The molecule has 4 aromatic rings. The minimum Gasteiger partial charge on any atom is -1.00 e. The van der Waals surface area contributed by atoms with E-state index in [0.29, 0.717) is 0 Å². The predicted octanol–water partition coefficient (Wildman–Crippen LogP) is -2.12. The molecule has 1 fully saturated rings. The molecule has 0 amide bonds. The number of rotatable bonds is 1. The molecular formula is C22H25BrN2O6. The molecule has 9 heteroatoms. The second kappa shape index (κ2) is 8.34. The quantitative estimate of drug-likeness (QED) is 0.193. The zero-order chi connectivity index (χ0) is 20.4. The lowest BCUT2D eigenvalue weighted by Gasteiger charge is -2.31. The van der Waals surface area contributed by atoms with E-state index in [1.807, 2.05) is 31.5 Å². The lowest BCUT2D eigenvalue weighted by molar-refractivity contribution is -0.774. The van der Waals surface area contributed by atoms with Crippen LogP contribution < -0.4 is 21.5 Å². The number of fused-ring (bicyclic) bond motifs is 4. The van der Waals surface area contributed by atoms with Crippen molar-refractivity contribution in [1.29, 1.82) is 0 Å². The summed E-state index contributed by atoms with van der Waals surface area (Å²) in [4.78, 5) is 3.46. The molecule has 0 bridgehead atoms. The van der Waals surface area contributed by atoms with E-state index >= 15 is 0 Å². The summed E-state index contributed by atoms with van der Waals surface area (Å²) < 4.78 is 7.33. The van der Waals surface area contributed by atoms with E-state index in [0.717, 1.165) is 43.7 Å². The number of halogens is 1. The number of hydrogen-bond donors (Lipinski definition) is 5. The number of phenolic OH excluding ortho intramolecular Hbond substituents is 1. The highest BCUT2D eigenvalue weighted by Gasteiger charge is 2.43. The van der Waals surface area contributed by atoms with Crippen molar-refractivity contribution in [2.45, 2.75) is 38.4 Å². The summed E-state index contributed by atoms with van der Waals surface area (Å²) in [6, 6.07) is 7.26. The van der Waals surface area contributed by atoms with Crippen LogP contribution in [0.1, 0.15) is 17.4 Å². The third kappa shape index (κ3) is 3.47. The Morgan fingerprint density at radius 2 is 1.74 bits per heavy atom. The number of aliphatic hydroxyl groups excluding tert-OH is 3. The number of hydrogen-bond acceptors (Lipinski definition) is 5. The normalized spacial score (nSPS) is 23.6. The summed E-state index contributed by atoms with van der Waals surface area (Å²) >= 11 is 0. The number of nitrogens with zero attached hydrogens (tertiary/aromatic N) is 1. The van der Waals surface area contributed by atoms with E-state index < -0.39 is 24.5 Å². The molecule has 8 nitrogen and oxygen atoms in total. The van der Waals surface area contributed by atoms with Gasteiger partial charge in [-0.3, -0.25) is 0 Å². The van der Waals surface area contributed by atoms with Crippen LogP contribution >= 0.6 is 0 Å². The van der Waals surface area contributed by atoms with Crippen LogP contribution in [0.5, 0.6) is 5.75 Å². The van der Waals surface area contributed by atoms with Crippen LogP contribution in [-0.4, -0.2) is 55.8 Å². The second-order valence-electron chi connectivity index (χ2n) is 7.85. The fourth-order valence-electron chi connectivity index (χ4n) is 4.47. The van der Waals surface area contributed by atoms with Gasteiger partial charge < -0.3 is 52.6 Å². The minimum absolute atomic E-state index is 0. The molecule has 0 radical (unpaired) electrons. The smallest absolute Gasteiger partial charge is 0.291 e. The molecule has 0 spiro atoms. The van der Waals surface area contributed by atoms with Crippen LogP contribution in [0.2, 0.25) is 0 Å². The zero-order valence-corrected chi connectivity index (χ0v) is 18.6. The molecule has 0 aliphatic carbocycles. The van der Waals surface area contributed by atoms with Gasteiger partial charge in [0.1, 0.15) is 18.0 Å². The number of aryl methyl sites for hydroxylation is 2. The van der Waals surface area contributed by atoms with Crippen molar-refractivity contribution in [1.82, 2.24) is 4.98 Å². The molecule has 4 atom stereocenters. The molecule has 1 aliphatic heterocycles. The maximum atomic E-state index is 10.4. The third-order valence-electron chi connectivity index (χ3n) is 6.09. The third-order valence-corrected chi connectivity index (χ3v) is 6.09. The van der Waals surface area contributed by atoms with E-state index in [-0.39, 0.29) is 34.8 Å². The Morgan fingerprint density at radius 3 is 2.48 bits per heavy atom. The predicted molar refractivity (Wildman–Crippen MR) is 111 cm³/mol. The zero-order valence-electron chi connectivity index (χ0n) is 17.0. The highest BCUT2D eigenvalue weighted by molar-refractivity contribution is 6.16. The van der Waals surface area contributed by atoms with Crippen LogP contribution in [0.15, 0.2) is 36.7 Å². The molecule has 1 saturated heterocycles. The highest BCUT2D eigenvalue weighted by Crippen LogP contribution is 2.37. The Kier molecular flexibility index (Phi) is 6.30. The molecule has 2 aromatic heterocycles. The molecule has 5 rings (SSSR count). The first kappa shape index (κ1) is 23.4. The monoisotopic (exact) mass is 492 g/mol. The SMILES string of the molecule is Cc1c2cc[n+](C3OC[C@@H](O)[C@@H](O)[C@@H]3O)cc2c(C)c2c1[nH]c1ccc(O)cc12.O.[Br-]. The number of nitrogens with one attached hydrogen (secondary N) is 1. The van der Waals surface area contributed by atoms with Crippen molar-refractivity contribution in [3.8, 4) is 5.75 Å². The van der Waals surface area contributed by atoms with Crippen LogP contribution in [-0.2, 0) is 4.74 Å². The van der Waals surface area contributed by atoms with Crippen molar-refractivity contribution >= 4 is 32.6 Å². The molecular weight excluding hydrogens is 468 g/mol. The van der Waals surface area contributed by atoms with Gasteiger partial charge >= 0.3 is 0 Å². The molecule has 1 unspecified atom stereocenters. The maximum absolute atomic E-state index is 10.4. The Hall–Kier alpha value is -2.27. The first-order valence-corrected chi connectivity index (χ1v) is 9.60. The average Bonchev–Trinajstić information content (AvgIpc) is 3.09. The largest absolute Gasteiger partial charge is 1.00 e. The van der Waals surface area contributed by atoms with E-state index in [9.17, 15) is 20.4 Å². The van der Waals surface area contributed by atoms with Crippen molar-refractivity contribution in [2.75, 3.05) is 6.61 Å². The number of aromatic hydroxyl groups is 1.